The molecule has 0 radical (unpaired) electrons. The number of rotatable bonds is 3. The van der Waals surface area contributed by atoms with E-state index in [1.807, 2.05) is 23.1 Å². The summed E-state index contributed by atoms with van der Waals surface area (Å²) in [6.07, 6.45) is 3.80. The monoisotopic (exact) mass is 600 g/mol. The number of Topliss-reactive ketones (excluding diaryl/α,β-unsaturated/α-hetero) is 1. The second-order valence-corrected chi connectivity index (χ2v) is 11.1. The predicted molar refractivity (Wildman–Crippen MR) is 145 cm³/mol. The Morgan fingerprint density at radius 2 is 1.47 bits per heavy atom. The Labute approximate surface area is 230 Å². The Kier molecular flexibility index (Phi) is 5.76. The van der Waals surface area contributed by atoms with Gasteiger partial charge in [0.25, 0.3) is 0 Å². The molecule has 3 aromatic carbocycles. The van der Waals surface area contributed by atoms with Gasteiger partial charge in [-0.1, -0.05) is 81.1 Å². The van der Waals surface area contributed by atoms with Crippen LogP contribution in [0.3, 0.4) is 0 Å². The average Bonchev–Trinajstić information content (AvgIpc) is 3.32. The molecule has 3 aliphatic rings. The van der Waals surface area contributed by atoms with E-state index < -0.39 is 35.7 Å². The Morgan fingerprint density at radius 1 is 0.806 bits per heavy atom. The van der Waals surface area contributed by atoms with Crippen LogP contribution in [0.1, 0.15) is 15.9 Å². The van der Waals surface area contributed by atoms with E-state index in [0.717, 1.165) is 20.6 Å². The number of carbonyl (C=O) groups excluding carboxylic acids is 3. The first-order chi connectivity index (χ1) is 17.3. The number of hydrogen-bond donors (Lipinski definition) is 0. The fourth-order valence-electron chi connectivity index (χ4n) is 5.52. The number of fused-ring (bicyclic) bond motifs is 5. The number of ketones is 1. The van der Waals surface area contributed by atoms with Crippen LogP contribution in [0.2, 0.25) is 15.1 Å². The van der Waals surface area contributed by atoms with E-state index in [9.17, 15) is 14.4 Å². The van der Waals surface area contributed by atoms with Crippen LogP contribution in [0.5, 0.6) is 0 Å². The zero-order valence-corrected chi connectivity index (χ0v) is 22.2. The number of carbonyl (C=O) groups is 3. The van der Waals surface area contributed by atoms with Crippen LogP contribution in [0, 0.1) is 11.8 Å². The highest BCUT2D eigenvalue weighted by Crippen LogP contribution is 2.51. The largest absolute Gasteiger partial charge is 0.352 e. The van der Waals surface area contributed by atoms with Gasteiger partial charge in [0.2, 0.25) is 11.8 Å². The molecule has 6 rings (SSSR count). The molecular formula is C27H16BrCl3N2O3. The molecule has 2 fully saturated rings. The van der Waals surface area contributed by atoms with Gasteiger partial charge in [0.05, 0.1) is 28.6 Å². The number of halogens is 4. The molecule has 36 heavy (non-hydrogen) atoms. The highest BCUT2D eigenvalue weighted by molar-refractivity contribution is 9.10. The fourth-order valence-corrected chi connectivity index (χ4v) is 6.44. The Balaban J connectivity index is 1.51. The predicted octanol–water partition coefficient (Wildman–Crippen LogP) is 6.68. The first-order valence-electron chi connectivity index (χ1n) is 11.1. The lowest BCUT2D eigenvalue weighted by Gasteiger charge is -2.36. The van der Waals surface area contributed by atoms with Crippen molar-refractivity contribution in [3.05, 3.63) is 97.4 Å². The van der Waals surface area contributed by atoms with Crippen molar-refractivity contribution in [1.29, 1.82) is 0 Å². The Bertz CT molecular complexity index is 1490. The third-order valence-electron chi connectivity index (χ3n) is 7.02. The molecule has 4 atom stereocenters. The van der Waals surface area contributed by atoms with Gasteiger partial charge in [-0.25, -0.2) is 4.90 Å². The molecule has 0 aliphatic carbocycles. The second-order valence-electron chi connectivity index (χ2n) is 8.94. The molecule has 0 spiro atoms. The van der Waals surface area contributed by atoms with Crippen molar-refractivity contribution in [1.82, 2.24) is 0 Å². The number of anilines is 2. The minimum atomic E-state index is -0.907. The zero-order valence-electron chi connectivity index (χ0n) is 18.4. The summed E-state index contributed by atoms with van der Waals surface area (Å²) in [6, 6.07) is 15.6. The highest BCUT2D eigenvalue weighted by atomic mass is 79.9. The molecule has 180 valence electrons. The van der Waals surface area contributed by atoms with Crippen LogP contribution in [-0.2, 0) is 9.59 Å². The van der Waals surface area contributed by atoms with Crippen molar-refractivity contribution < 1.29 is 14.4 Å². The molecule has 0 N–H and O–H groups in total. The molecule has 5 nitrogen and oxygen atoms in total. The van der Waals surface area contributed by atoms with Crippen LogP contribution in [0.4, 0.5) is 11.4 Å². The minimum absolute atomic E-state index is 0.188. The summed E-state index contributed by atoms with van der Waals surface area (Å²) in [5.41, 5.74) is 2.29. The van der Waals surface area contributed by atoms with Crippen LogP contribution in [0.15, 0.2) is 71.2 Å². The van der Waals surface area contributed by atoms with Gasteiger partial charge >= 0.3 is 0 Å². The van der Waals surface area contributed by atoms with E-state index in [2.05, 4.69) is 15.9 Å². The van der Waals surface area contributed by atoms with Gasteiger partial charge < -0.3 is 4.90 Å². The standard InChI is InChI=1S/C27H16BrCl3N2O3/c28-15-5-1-14(2-6-15)25(34)24-23-22(20-9-4-13-3-7-17(30)12-21(13)32(20)24)26(35)33(27(23)36)19-10-8-16(29)11-18(19)31/h1-12,20,22-24H/t20-,22-,23+,24-/m0/s1. The van der Waals surface area contributed by atoms with Gasteiger partial charge in [0.1, 0.15) is 6.04 Å². The molecule has 0 bridgehead atoms. The van der Waals surface area contributed by atoms with Crippen molar-refractivity contribution in [2.45, 2.75) is 12.1 Å². The molecule has 9 heteroatoms. The molecule has 0 aromatic heterocycles. The van der Waals surface area contributed by atoms with Gasteiger partial charge in [-0.05, 0) is 48.0 Å². The summed E-state index contributed by atoms with van der Waals surface area (Å²) < 4.78 is 0.829. The maximum atomic E-state index is 14.0. The fraction of sp³-hybridized carbons (Fsp3) is 0.148. The molecule has 2 saturated heterocycles. The van der Waals surface area contributed by atoms with E-state index in [1.54, 1.807) is 48.5 Å². The number of benzene rings is 3. The second kappa shape index (κ2) is 8.73. The third-order valence-corrected chi connectivity index (χ3v) is 8.32. The quantitative estimate of drug-likeness (QED) is 0.248. The van der Waals surface area contributed by atoms with Gasteiger partial charge in [0.15, 0.2) is 5.78 Å². The normalized spacial score (nSPS) is 24.1. The van der Waals surface area contributed by atoms with Crippen molar-refractivity contribution in [2.75, 3.05) is 9.80 Å². The number of nitrogens with zero attached hydrogens (tertiary/aromatic N) is 2. The third kappa shape index (κ3) is 3.54. The van der Waals surface area contributed by atoms with E-state index in [1.165, 1.54) is 6.07 Å². The van der Waals surface area contributed by atoms with Gasteiger partial charge in [-0.2, -0.15) is 0 Å². The molecular weight excluding hydrogens is 587 g/mol. The summed E-state index contributed by atoms with van der Waals surface area (Å²) in [4.78, 5) is 44.8. The first kappa shape index (κ1) is 23.7. The van der Waals surface area contributed by atoms with Crippen molar-refractivity contribution in [3.8, 4) is 0 Å². The van der Waals surface area contributed by atoms with E-state index in [0.29, 0.717) is 15.6 Å². The van der Waals surface area contributed by atoms with Crippen LogP contribution >= 0.6 is 50.7 Å². The highest BCUT2D eigenvalue weighted by Gasteiger charge is 2.64. The Morgan fingerprint density at radius 3 is 2.19 bits per heavy atom. The lowest BCUT2D eigenvalue weighted by molar-refractivity contribution is -0.122. The van der Waals surface area contributed by atoms with E-state index >= 15 is 0 Å². The Hall–Kier alpha value is -2.64. The minimum Gasteiger partial charge on any atom is -0.352 e. The summed E-state index contributed by atoms with van der Waals surface area (Å²) >= 11 is 22.2. The number of amides is 2. The SMILES string of the molecule is O=C(c1ccc(Br)cc1)[C@@H]1[C@@H]2C(=O)N(c3ccc(Cl)cc3Cl)C(=O)[C@H]2[C@@H]2C=Cc3ccc(Cl)cc3N12. The summed E-state index contributed by atoms with van der Waals surface area (Å²) in [6.45, 7) is 0. The summed E-state index contributed by atoms with van der Waals surface area (Å²) in [7, 11) is 0. The van der Waals surface area contributed by atoms with Gasteiger partial charge in [-0.3, -0.25) is 14.4 Å². The molecule has 3 aromatic rings. The maximum Gasteiger partial charge on any atom is 0.240 e. The lowest BCUT2D eigenvalue weighted by atomic mass is 9.86. The topological polar surface area (TPSA) is 57.7 Å². The van der Waals surface area contributed by atoms with Crippen molar-refractivity contribution in [2.24, 2.45) is 11.8 Å². The van der Waals surface area contributed by atoms with E-state index in [4.69, 9.17) is 34.8 Å². The van der Waals surface area contributed by atoms with E-state index in [-0.39, 0.29) is 16.5 Å². The summed E-state index contributed by atoms with van der Waals surface area (Å²) in [5.74, 6) is -2.77. The van der Waals surface area contributed by atoms with Gasteiger partial charge in [0, 0.05) is 25.8 Å². The zero-order chi connectivity index (χ0) is 25.3. The molecule has 3 heterocycles. The van der Waals surface area contributed by atoms with Crippen LogP contribution in [0.25, 0.3) is 6.08 Å². The smallest absolute Gasteiger partial charge is 0.240 e. The van der Waals surface area contributed by atoms with Crippen LogP contribution < -0.4 is 9.80 Å². The molecule has 0 saturated carbocycles. The average molecular weight is 603 g/mol. The first-order valence-corrected chi connectivity index (χ1v) is 13.1. The van der Waals surface area contributed by atoms with Crippen LogP contribution in [-0.4, -0.2) is 29.7 Å². The van der Waals surface area contributed by atoms with Crippen molar-refractivity contribution in [3.63, 3.8) is 0 Å². The number of hydrogen-bond acceptors (Lipinski definition) is 4. The number of imide groups is 1. The maximum absolute atomic E-state index is 14.0. The van der Waals surface area contributed by atoms with Crippen molar-refractivity contribution >= 4 is 85.8 Å². The summed E-state index contributed by atoms with van der Waals surface area (Å²) in [5, 5.41) is 1.08. The molecule has 2 amide bonds. The lowest BCUT2D eigenvalue weighted by Crippen LogP contribution is -2.48. The van der Waals surface area contributed by atoms with Gasteiger partial charge in [-0.15, -0.1) is 0 Å². The molecule has 0 unspecified atom stereocenters. The molecule has 3 aliphatic heterocycles.